The highest BCUT2D eigenvalue weighted by Gasteiger charge is 2.66. The van der Waals surface area contributed by atoms with Crippen LogP contribution in [0.15, 0.2) is 60.7 Å². The van der Waals surface area contributed by atoms with E-state index in [2.05, 4.69) is 142 Å². The topological polar surface area (TPSA) is 25.9 Å². The van der Waals surface area contributed by atoms with Crippen LogP contribution in [0.4, 0.5) is 0 Å². The molecule has 3 fully saturated rings. The van der Waals surface area contributed by atoms with E-state index in [4.69, 9.17) is 0 Å². The summed E-state index contributed by atoms with van der Waals surface area (Å²) in [7, 11) is 13.3. The molecule has 5 rings (SSSR count). The minimum atomic E-state index is 0.0765. The summed E-state index contributed by atoms with van der Waals surface area (Å²) >= 11 is 0. The van der Waals surface area contributed by atoms with Gasteiger partial charge in [0.15, 0.2) is 0 Å². The molecule has 0 unspecified atom stereocenters. The standard InChI is InChI=1S/C18H28B4N8/c1-23-19(17-13-9-7-10-14-17)29-21(25(23)3)27(5)30-20(18-15-11-8-12-16-18)24(2)26(4)22(30)28(29)6/h7-16H,1-6H3. The lowest BCUT2D eigenvalue weighted by molar-refractivity contribution is 0.118. The van der Waals surface area contributed by atoms with Crippen LogP contribution in [0.3, 0.4) is 0 Å². The number of hydrazine groups is 4. The quantitative estimate of drug-likeness (QED) is 0.572. The summed E-state index contributed by atoms with van der Waals surface area (Å²) in [5, 5.41) is 0. The van der Waals surface area contributed by atoms with Crippen LogP contribution < -0.4 is 10.9 Å². The van der Waals surface area contributed by atoms with E-state index in [1.807, 2.05) is 0 Å². The molecule has 0 N–H and O–H groups in total. The zero-order valence-electron chi connectivity index (χ0n) is 18.7. The van der Waals surface area contributed by atoms with Gasteiger partial charge in [-0.3, -0.25) is 39.2 Å². The van der Waals surface area contributed by atoms with Crippen molar-refractivity contribution in [1.29, 1.82) is 0 Å². The fourth-order valence-corrected chi connectivity index (χ4v) is 5.33. The molecule has 0 atom stereocenters. The van der Waals surface area contributed by atoms with Gasteiger partial charge in [-0.25, -0.2) is 0 Å². The second-order valence-corrected chi connectivity index (χ2v) is 8.46. The van der Waals surface area contributed by atoms with E-state index in [1.165, 1.54) is 10.9 Å². The molecule has 8 nitrogen and oxygen atoms in total. The highest BCUT2D eigenvalue weighted by Crippen LogP contribution is 2.32. The van der Waals surface area contributed by atoms with Crippen molar-refractivity contribution in [2.75, 3.05) is 42.3 Å². The second kappa shape index (κ2) is 7.51. The maximum Gasteiger partial charge on any atom is 0.432 e. The van der Waals surface area contributed by atoms with Crippen molar-refractivity contribution in [3.63, 3.8) is 0 Å². The van der Waals surface area contributed by atoms with Gasteiger partial charge in [-0.15, -0.1) is 0 Å². The van der Waals surface area contributed by atoms with Crippen LogP contribution >= 0.6 is 0 Å². The molecule has 3 saturated heterocycles. The van der Waals surface area contributed by atoms with E-state index in [0.717, 1.165) is 0 Å². The SMILES string of the molecule is CN1B(c2ccccc2)N2B(N1C)N(C)N1B(c3ccccc3)N(C)N(C)B1N2C. The number of fused-ring (bicyclic) bond motifs is 2. The third kappa shape index (κ3) is 2.77. The minimum absolute atomic E-state index is 0.0765. The first kappa shape index (κ1) is 20.3. The summed E-state index contributed by atoms with van der Waals surface area (Å²) in [4.78, 5) is 19.0. The average Bonchev–Trinajstić information content (AvgIpc) is 3.19. The maximum absolute atomic E-state index is 2.48. The first-order valence-electron chi connectivity index (χ1n) is 10.5. The van der Waals surface area contributed by atoms with Crippen LogP contribution in [0.25, 0.3) is 0 Å². The van der Waals surface area contributed by atoms with Crippen LogP contribution in [0.2, 0.25) is 0 Å². The van der Waals surface area contributed by atoms with Crippen molar-refractivity contribution in [3.8, 4) is 0 Å². The normalized spacial score (nSPS) is 23.7. The number of rotatable bonds is 2. The van der Waals surface area contributed by atoms with Gasteiger partial charge in [0.25, 0.3) is 0 Å². The van der Waals surface area contributed by atoms with Crippen molar-refractivity contribution >= 4 is 39.1 Å². The molecule has 0 aromatic heterocycles. The van der Waals surface area contributed by atoms with Gasteiger partial charge in [-0.1, -0.05) is 60.7 Å². The summed E-state index contributed by atoms with van der Waals surface area (Å²) in [5.74, 6) is 0. The largest absolute Gasteiger partial charge is 0.432 e. The number of hydrogen-bond acceptors (Lipinski definition) is 8. The summed E-state index contributed by atoms with van der Waals surface area (Å²) in [6.07, 6.45) is 0. The Balaban J connectivity index is 1.58. The van der Waals surface area contributed by atoms with Crippen LogP contribution in [0, 0.1) is 0 Å². The third-order valence-corrected chi connectivity index (χ3v) is 6.94. The van der Waals surface area contributed by atoms with E-state index in [0.29, 0.717) is 0 Å². The first-order chi connectivity index (χ1) is 14.4. The summed E-state index contributed by atoms with van der Waals surface area (Å²) in [6.45, 7) is 0.260. The molecule has 0 radical (unpaired) electrons. The van der Waals surface area contributed by atoms with E-state index in [-0.39, 0.29) is 28.2 Å². The van der Waals surface area contributed by atoms with Gasteiger partial charge in [-0.2, -0.15) is 0 Å². The molecule has 3 heterocycles. The smallest absolute Gasteiger partial charge is 0.276 e. The summed E-state index contributed by atoms with van der Waals surface area (Å²) in [5.41, 5.74) is 2.58. The lowest BCUT2D eigenvalue weighted by Crippen LogP contribution is -2.81. The van der Waals surface area contributed by atoms with Crippen molar-refractivity contribution in [2.24, 2.45) is 0 Å². The van der Waals surface area contributed by atoms with Gasteiger partial charge >= 0.3 is 28.2 Å². The number of benzene rings is 2. The zero-order valence-corrected chi connectivity index (χ0v) is 18.7. The molecule has 30 heavy (non-hydrogen) atoms. The van der Waals surface area contributed by atoms with Crippen LogP contribution in [0.5, 0.6) is 0 Å². The fraction of sp³-hybridized carbons (Fsp3) is 0.333. The monoisotopic (exact) mass is 400 g/mol. The van der Waals surface area contributed by atoms with E-state index in [1.54, 1.807) is 0 Å². The van der Waals surface area contributed by atoms with Gasteiger partial charge in [-0.05, 0) is 53.2 Å². The Bertz CT molecular complexity index is 821. The third-order valence-electron chi connectivity index (χ3n) is 6.94. The second-order valence-electron chi connectivity index (χ2n) is 8.46. The molecule has 0 bridgehead atoms. The van der Waals surface area contributed by atoms with E-state index < -0.39 is 0 Å². The number of nitrogens with zero attached hydrogens (tertiary/aromatic N) is 8. The zero-order chi connectivity index (χ0) is 21.2. The lowest BCUT2D eigenvalue weighted by Gasteiger charge is -2.51. The van der Waals surface area contributed by atoms with Gasteiger partial charge in [0, 0.05) is 0 Å². The van der Waals surface area contributed by atoms with Crippen molar-refractivity contribution in [2.45, 2.75) is 0 Å². The van der Waals surface area contributed by atoms with E-state index >= 15 is 0 Å². The Kier molecular flexibility index (Phi) is 5.08. The lowest BCUT2D eigenvalue weighted by atomic mass is 9.59. The van der Waals surface area contributed by atoms with Gasteiger partial charge in [0.1, 0.15) is 0 Å². The predicted molar refractivity (Wildman–Crippen MR) is 125 cm³/mol. The van der Waals surface area contributed by atoms with Crippen LogP contribution in [0.1, 0.15) is 0 Å². The van der Waals surface area contributed by atoms with Crippen molar-refractivity contribution in [1.82, 2.24) is 39.2 Å². The highest BCUT2D eigenvalue weighted by molar-refractivity contribution is 6.86. The van der Waals surface area contributed by atoms with Crippen LogP contribution in [-0.4, -0.2) is 110 Å². The molecule has 3 aliphatic rings. The minimum Gasteiger partial charge on any atom is -0.276 e. The summed E-state index contributed by atoms with van der Waals surface area (Å²) in [6, 6.07) is 21.5. The highest BCUT2D eigenvalue weighted by atomic mass is 15.9. The Morgan fingerprint density at radius 3 is 1.10 bits per heavy atom. The molecule has 0 saturated carbocycles. The molecule has 0 aliphatic carbocycles. The Morgan fingerprint density at radius 1 is 0.433 bits per heavy atom. The summed E-state index contributed by atoms with van der Waals surface area (Å²) < 4.78 is 0. The molecule has 152 valence electrons. The molecule has 0 spiro atoms. The van der Waals surface area contributed by atoms with Crippen molar-refractivity contribution in [3.05, 3.63) is 60.7 Å². The Labute approximate surface area is 181 Å². The van der Waals surface area contributed by atoms with Gasteiger partial charge in [0.2, 0.25) is 0 Å². The Morgan fingerprint density at radius 2 is 0.767 bits per heavy atom. The molecule has 3 aliphatic heterocycles. The predicted octanol–water partition coefficient (Wildman–Crippen LogP) is -1.36. The van der Waals surface area contributed by atoms with Crippen LogP contribution in [-0.2, 0) is 0 Å². The van der Waals surface area contributed by atoms with E-state index in [9.17, 15) is 0 Å². The maximum atomic E-state index is 2.48. The van der Waals surface area contributed by atoms with Gasteiger partial charge < -0.3 is 0 Å². The Hall–Kier alpha value is -1.62. The molecular formula is C18H28B4N8. The molecule has 2 aromatic carbocycles. The average molecular weight is 400 g/mol. The molecule has 0 amide bonds. The first-order valence-corrected chi connectivity index (χ1v) is 10.5. The fourth-order valence-electron chi connectivity index (χ4n) is 5.33. The van der Waals surface area contributed by atoms with Gasteiger partial charge in [0.05, 0.1) is 0 Å². The number of hydrogen-bond donors (Lipinski definition) is 0. The molecular weight excluding hydrogens is 372 g/mol. The molecule has 2 aromatic rings. The molecule has 12 heteroatoms. The van der Waals surface area contributed by atoms with Crippen molar-refractivity contribution < 1.29 is 0 Å².